The Hall–Kier alpha value is -1.10. The summed E-state index contributed by atoms with van der Waals surface area (Å²) in [6.45, 7) is 4.87. The van der Waals surface area contributed by atoms with E-state index in [1.54, 1.807) is 16.2 Å². The first kappa shape index (κ1) is 12.0. The minimum atomic E-state index is 0.335. The van der Waals surface area contributed by atoms with E-state index in [9.17, 15) is 0 Å². The summed E-state index contributed by atoms with van der Waals surface area (Å²) < 4.78 is 0. The lowest BCUT2D eigenvalue weighted by Crippen LogP contribution is -2.30. The Morgan fingerprint density at radius 3 is 2.80 bits per heavy atom. The van der Waals surface area contributed by atoms with Crippen molar-refractivity contribution in [2.24, 2.45) is 10.7 Å². The summed E-state index contributed by atoms with van der Waals surface area (Å²) in [6.07, 6.45) is 1.90. The molecule has 0 aliphatic heterocycles. The van der Waals surface area contributed by atoms with Gasteiger partial charge in [0.2, 0.25) is 0 Å². The highest BCUT2D eigenvalue weighted by atomic mass is 32.1. The van der Waals surface area contributed by atoms with Crippen molar-refractivity contribution in [3.05, 3.63) is 16.1 Å². The molecule has 0 radical (unpaired) electrons. The van der Waals surface area contributed by atoms with Crippen LogP contribution in [-0.2, 0) is 0 Å². The maximum atomic E-state index is 5.71. The van der Waals surface area contributed by atoms with Crippen LogP contribution in [0.3, 0.4) is 0 Å². The highest BCUT2D eigenvalue weighted by molar-refractivity contribution is 7.11. The summed E-state index contributed by atoms with van der Waals surface area (Å²) in [6, 6.07) is 0. The molecule has 1 heterocycles. The van der Waals surface area contributed by atoms with Crippen molar-refractivity contribution >= 4 is 17.3 Å². The molecular formula is C10H18N4S. The molecule has 0 saturated heterocycles. The van der Waals surface area contributed by atoms with Gasteiger partial charge in [-0.15, -0.1) is 11.3 Å². The molecule has 0 amide bonds. The minimum Gasteiger partial charge on any atom is -0.370 e. The molecule has 1 aromatic heterocycles. The molecule has 84 valence electrons. The lowest BCUT2D eigenvalue weighted by Gasteiger charge is -2.11. The highest BCUT2D eigenvalue weighted by Crippen LogP contribution is 2.21. The second-order valence-corrected chi connectivity index (χ2v) is 5.07. The standard InChI is InChI=1S/C10H18N4S/c1-7(5-13-10(11)14(3)4)9-12-6-8(2)15-9/h6-7H,5H2,1-4H3,(H2,11,13)/t7-/m1/s1. The monoisotopic (exact) mass is 226 g/mol. The maximum Gasteiger partial charge on any atom is 0.190 e. The number of aliphatic imine (C=N–C) groups is 1. The molecule has 4 nitrogen and oxygen atoms in total. The molecule has 0 unspecified atom stereocenters. The molecular weight excluding hydrogens is 208 g/mol. The first-order chi connectivity index (χ1) is 7.00. The number of nitrogens with two attached hydrogens (primary N) is 1. The Morgan fingerprint density at radius 1 is 1.67 bits per heavy atom. The third-order valence-electron chi connectivity index (χ3n) is 2.05. The van der Waals surface area contributed by atoms with E-state index in [-0.39, 0.29) is 0 Å². The number of rotatable bonds is 3. The summed E-state index contributed by atoms with van der Waals surface area (Å²) in [5, 5.41) is 1.13. The molecule has 1 aromatic rings. The molecule has 0 spiro atoms. The van der Waals surface area contributed by atoms with Crippen LogP contribution < -0.4 is 5.73 Å². The largest absolute Gasteiger partial charge is 0.370 e. The lowest BCUT2D eigenvalue weighted by molar-refractivity contribution is 0.605. The van der Waals surface area contributed by atoms with E-state index >= 15 is 0 Å². The minimum absolute atomic E-state index is 0.335. The van der Waals surface area contributed by atoms with Gasteiger partial charge >= 0.3 is 0 Å². The Balaban J connectivity index is 2.57. The molecule has 0 saturated carbocycles. The van der Waals surface area contributed by atoms with Gasteiger partial charge in [0.05, 0.1) is 11.6 Å². The molecule has 1 rings (SSSR count). The van der Waals surface area contributed by atoms with Crippen LogP contribution >= 0.6 is 11.3 Å². The average Bonchev–Trinajstić information content (AvgIpc) is 2.60. The topological polar surface area (TPSA) is 54.5 Å². The van der Waals surface area contributed by atoms with Gasteiger partial charge in [-0.05, 0) is 6.92 Å². The molecule has 0 fully saturated rings. The van der Waals surface area contributed by atoms with E-state index in [1.807, 2.05) is 20.3 Å². The first-order valence-corrected chi connectivity index (χ1v) is 5.72. The number of guanidine groups is 1. The number of thiazole rings is 1. The van der Waals surface area contributed by atoms with Crippen LogP contribution in [0.5, 0.6) is 0 Å². The molecule has 0 bridgehead atoms. The molecule has 2 N–H and O–H groups in total. The number of nitrogens with zero attached hydrogens (tertiary/aromatic N) is 3. The zero-order chi connectivity index (χ0) is 11.4. The number of aromatic nitrogens is 1. The molecule has 1 atom stereocenters. The van der Waals surface area contributed by atoms with Crippen molar-refractivity contribution in [2.75, 3.05) is 20.6 Å². The average molecular weight is 226 g/mol. The number of hydrogen-bond donors (Lipinski definition) is 1. The van der Waals surface area contributed by atoms with Gasteiger partial charge in [-0.25, -0.2) is 4.98 Å². The van der Waals surface area contributed by atoms with E-state index < -0.39 is 0 Å². The Kier molecular flexibility index (Phi) is 4.08. The van der Waals surface area contributed by atoms with Crippen LogP contribution in [0.25, 0.3) is 0 Å². The normalized spacial score (nSPS) is 14.0. The highest BCUT2D eigenvalue weighted by Gasteiger charge is 2.09. The van der Waals surface area contributed by atoms with E-state index in [0.717, 1.165) is 5.01 Å². The van der Waals surface area contributed by atoms with Crippen molar-refractivity contribution in [3.8, 4) is 0 Å². The van der Waals surface area contributed by atoms with Crippen LogP contribution in [0.15, 0.2) is 11.2 Å². The summed E-state index contributed by atoms with van der Waals surface area (Å²) in [7, 11) is 3.77. The third-order valence-corrected chi connectivity index (χ3v) is 3.19. The van der Waals surface area contributed by atoms with Gasteiger partial charge in [-0.3, -0.25) is 4.99 Å². The van der Waals surface area contributed by atoms with Gasteiger partial charge < -0.3 is 10.6 Å². The molecule has 15 heavy (non-hydrogen) atoms. The molecule has 5 heteroatoms. The van der Waals surface area contributed by atoms with Gasteiger partial charge in [0.25, 0.3) is 0 Å². The summed E-state index contributed by atoms with van der Waals surface area (Å²) in [5.74, 6) is 0.900. The van der Waals surface area contributed by atoms with Crippen LogP contribution in [0, 0.1) is 6.92 Å². The number of aryl methyl sites for hydroxylation is 1. The lowest BCUT2D eigenvalue weighted by atomic mass is 10.2. The molecule has 0 aliphatic rings. The Bertz CT molecular complexity index is 343. The van der Waals surface area contributed by atoms with Crippen molar-refractivity contribution in [3.63, 3.8) is 0 Å². The second-order valence-electron chi connectivity index (χ2n) is 3.80. The summed E-state index contributed by atoms with van der Waals surface area (Å²) in [4.78, 5) is 11.7. The quantitative estimate of drug-likeness (QED) is 0.626. The van der Waals surface area contributed by atoms with Crippen LogP contribution in [0.4, 0.5) is 0 Å². The fourth-order valence-corrected chi connectivity index (χ4v) is 1.87. The van der Waals surface area contributed by atoms with E-state index in [2.05, 4.69) is 23.8 Å². The van der Waals surface area contributed by atoms with E-state index in [4.69, 9.17) is 5.73 Å². The van der Waals surface area contributed by atoms with Crippen molar-refractivity contribution < 1.29 is 0 Å². The van der Waals surface area contributed by atoms with Crippen LogP contribution in [-0.4, -0.2) is 36.5 Å². The van der Waals surface area contributed by atoms with Gasteiger partial charge in [0.15, 0.2) is 5.96 Å². The summed E-state index contributed by atoms with van der Waals surface area (Å²) >= 11 is 1.72. The zero-order valence-corrected chi connectivity index (χ0v) is 10.5. The third kappa shape index (κ3) is 3.51. The maximum absolute atomic E-state index is 5.71. The smallest absolute Gasteiger partial charge is 0.190 e. The van der Waals surface area contributed by atoms with Gasteiger partial charge in [0.1, 0.15) is 0 Å². The molecule has 0 aromatic carbocycles. The van der Waals surface area contributed by atoms with Crippen LogP contribution in [0.1, 0.15) is 22.7 Å². The van der Waals surface area contributed by atoms with Crippen molar-refractivity contribution in [2.45, 2.75) is 19.8 Å². The van der Waals surface area contributed by atoms with E-state index in [1.165, 1.54) is 4.88 Å². The predicted octanol–water partition coefficient (Wildman–Crippen LogP) is 1.43. The van der Waals surface area contributed by atoms with Crippen molar-refractivity contribution in [1.29, 1.82) is 0 Å². The second kappa shape index (κ2) is 5.11. The number of hydrogen-bond acceptors (Lipinski definition) is 3. The first-order valence-electron chi connectivity index (χ1n) is 4.90. The predicted molar refractivity (Wildman–Crippen MR) is 65.4 cm³/mol. The van der Waals surface area contributed by atoms with Crippen LogP contribution in [0.2, 0.25) is 0 Å². The SMILES string of the molecule is Cc1cnc([C@H](C)CN=C(N)N(C)C)s1. The summed E-state index contributed by atoms with van der Waals surface area (Å²) in [5.41, 5.74) is 5.71. The van der Waals surface area contributed by atoms with Gasteiger partial charge in [-0.2, -0.15) is 0 Å². The van der Waals surface area contributed by atoms with E-state index in [0.29, 0.717) is 18.4 Å². The molecule has 0 aliphatic carbocycles. The Labute approximate surface area is 94.8 Å². The van der Waals surface area contributed by atoms with Crippen molar-refractivity contribution in [1.82, 2.24) is 9.88 Å². The Morgan fingerprint density at radius 2 is 2.33 bits per heavy atom. The van der Waals surface area contributed by atoms with Gasteiger partial charge in [0, 0.05) is 31.1 Å². The fourth-order valence-electron chi connectivity index (χ4n) is 1.05. The fraction of sp³-hybridized carbons (Fsp3) is 0.600. The zero-order valence-electron chi connectivity index (χ0n) is 9.69. The van der Waals surface area contributed by atoms with Gasteiger partial charge in [-0.1, -0.05) is 6.92 Å².